The zero-order valence-electron chi connectivity index (χ0n) is 10.2. The standard InChI is InChI=1S/C14H10ClN3O/c1-9-5-6-11(8-16-9)14-18-17-13(19-14)10-3-2-4-12(15)7-10/h2-8H,1H3. The van der Waals surface area contributed by atoms with Gasteiger partial charge in [0.2, 0.25) is 11.8 Å². The first-order valence-corrected chi connectivity index (χ1v) is 6.12. The highest BCUT2D eigenvalue weighted by Crippen LogP contribution is 2.25. The Kier molecular flexibility index (Phi) is 3.01. The molecule has 3 rings (SSSR count). The van der Waals surface area contributed by atoms with E-state index in [0.717, 1.165) is 16.8 Å². The highest BCUT2D eigenvalue weighted by atomic mass is 35.5. The topological polar surface area (TPSA) is 51.8 Å². The van der Waals surface area contributed by atoms with Gasteiger partial charge in [-0.1, -0.05) is 17.7 Å². The maximum atomic E-state index is 5.94. The average molecular weight is 272 g/mol. The number of hydrogen-bond donors (Lipinski definition) is 0. The molecule has 94 valence electrons. The monoisotopic (exact) mass is 271 g/mol. The van der Waals surface area contributed by atoms with Crippen LogP contribution in [0.1, 0.15) is 5.69 Å². The second kappa shape index (κ2) is 4.82. The molecule has 0 saturated heterocycles. The predicted octanol–water partition coefficient (Wildman–Crippen LogP) is 3.76. The van der Waals surface area contributed by atoms with E-state index < -0.39 is 0 Å². The zero-order valence-corrected chi connectivity index (χ0v) is 10.9. The van der Waals surface area contributed by atoms with Crippen LogP contribution in [0.3, 0.4) is 0 Å². The molecule has 0 saturated carbocycles. The summed E-state index contributed by atoms with van der Waals surface area (Å²) in [6.45, 7) is 1.93. The average Bonchev–Trinajstić information content (AvgIpc) is 2.89. The van der Waals surface area contributed by atoms with E-state index in [4.69, 9.17) is 16.0 Å². The summed E-state index contributed by atoms with van der Waals surface area (Å²) >= 11 is 5.94. The van der Waals surface area contributed by atoms with Crippen molar-refractivity contribution >= 4 is 11.6 Å². The van der Waals surface area contributed by atoms with Crippen LogP contribution in [0.25, 0.3) is 22.9 Å². The number of nitrogens with zero attached hydrogens (tertiary/aromatic N) is 3. The molecule has 0 atom stereocenters. The number of benzene rings is 1. The predicted molar refractivity (Wildman–Crippen MR) is 72.7 cm³/mol. The first kappa shape index (κ1) is 11.9. The number of rotatable bonds is 2. The van der Waals surface area contributed by atoms with E-state index in [9.17, 15) is 0 Å². The van der Waals surface area contributed by atoms with E-state index >= 15 is 0 Å². The van der Waals surface area contributed by atoms with Crippen molar-refractivity contribution in [2.75, 3.05) is 0 Å². The van der Waals surface area contributed by atoms with Gasteiger partial charge in [0.05, 0.1) is 5.56 Å². The van der Waals surface area contributed by atoms with Crippen molar-refractivity contribution in [3.63, 3.8) is 0 Å². The van der Waals surface area contributed by atoms with Crippen LogP contribution in [0.2, 0.25) is 5.02 Å². The van der Waals surface area contributed by atoms with Gasteiger partial charge >= 0.3 is 0 Å². The largest absolute Gasteiger partial charge is 0.416 e. The summed E-state index contributed by atoms with van der Waals surface area (Å²) < 4.78 is 5.63. The van der Waals surface area contributed by atoms with Crippen LogP contribution < -0.4 is 0 Å². The molecule has 19 heavy (non-hydrogen) atoms. The Morgan fingerprint density at radius 2 is 1.79 bits per heavy atom. The Morgan fingerprint density at radius 3 is 2.47 bits per heavy atom. The Hall–Kier alpha value is -2.20. The number of halogens is 1. The summed E-state index contributed by atoms with van der Waals surface area (Å²) in [5.41, 5.74) is 2.54. The molecule has 0 fully saturated rings. The minimum Gasteiger partial charge on any atom is -0.416 e. The Bertz CT molecular complexity index is 707. The lowest BCUT2D eigenvalue weighted by atomic mass is 10.2. The van der Waals surface area contributed by atoms with Crippen molar-refractivity contribution in [1.82, 2.24) is 15.2 Å². The maximum Gasteiger partial charge on any atom is 0.249 e. The third kappa shape index (κ3) is 2.48. The van der Waals surface area contributed by atoms with Crippen molar-refractivity contribution in [3.8, 4) is 22.9 Å². The van der Waals surface area contributed by atoms with E-state index in [1.165, 1.54) is 0 Å². The summed E-state index contributed by atoms with van der Waals surface area (Å²) in [5, 5.41) is 8.68. The van der Waals surface area contributed by atoms with E-state index in [1.54, 1.807) is 18.3 Å². The lowest BCUT2D eigenvalue weighted by Crippen LogP contribution is -1.82. The van der Waals surface area contributed by atoms with Crippen LogP contribution in [0.5, 0.6) is 0 Å². The highest BCUT2D eigenvalue weighted by Gasteiger charge is 2.10. The SMILES string of the molecule is Cc1ccc(-c2nnc(-c3cccc(Cl)c3)o2)cn1. The molecule has 0 aliphatic rings. The lowest BCUT2D eigenvalue weighted by Gasteiger charge is -1.96. The number of pyridine rings is 1. The van der Waals surface area contributed by atoms with Crippen LogP contribution in [0.15, 0.2) is 47.0 Å². The first-order chi connectivity index (χ1) is 9.22. The fraction of sp³-hybridized carbons (Fsp3) is 0.0714. The third-order valence-electron chi connectivity index (χ3n) is 2.65. The molecular formula is C14H10ClN3O. The van der Waals surface area contributed by atoms with E-state index in [0.29, 0.717) is 16.8 Å². The number of hydrogen-bond acceptors (Lipinski definition) is 4. The van der Waals surface area contributed by atoms with Gasteiger partial charge in [-0.05, 0) is 37.3 Å². The molecular weight excluding hydrogens is 262 g/mol. The van der Waals surface area contributed by atoms with Crippen LogP contribution in [-0.2, 0) is 0 Å². The molecule has 2 heterocycles. The van der Waals surface area contributed by atoms with Gasteiger partial charge < -0.3 is 4.42 Å². The van der Waals surface area contributed by atoms with E-state index in [1.807, 2.05) is 31.2 Å². The summed E-state index contributed by atoms with van der Waals surface area (Å²) in [5.74, 6) is 0.889. The van der Waals surface area contributed by atoms with Crippen molar-refractivity contribution in [1.29, 1.82) is 0 Å². The number of aromatic nitrogens is 3. The lowest BCUT2D eigenvalue weighted by molar-refractivity contribution is 0.584. The first-order valence-electron chi connectivity index (χ1n) is 5.75. The molecule has 0 bridgehead atoms. The molecule has 1 aromatic carbocycles. The van der Waals surface area contributed by atoms with Gasteiger partial charge in [0.1, 0.15) is 0 Å². The summed E-state index contributed by atoms with van der Waals surface area (Å²) in [4.78, 5) is 4.20. The fourth-order valence-corrected chi connectivity index (χ4v) is 1.86. The Labute approximate surface area is 115 Å². The van der Waals surface area contributed by atoms with Crippen LogP contribution in [0.4, 0.5) is 0 Å². The quantitative estimate of drug-likeness (QED) is 0.712. The molecule has 5 heteroatoms. The molecule has 0 radical (unpaired) electrons. The Balaban J connectivity index is 1.97. The molecule has 0 N–H and O–H groups in total. The van der Waals surface area contributed by atoms with Gasteiger partial charge in [-0.25, -0.2) is 0 Å². The van der Waals surface area contributed by atoms with Crippen LogP contribution in [-0.4, -0.2) is 15.2 Å². The van der Waals surface area contributed by atoms with Crippen LogP contribution >= 0.6 is 11.6 Å². The van der Waals surface area contributed by atoms with Gasteiger partial charge in [-0.2, -0.15) is 0 Å². The molecule has 0 amide bonds. The molecule has 3 aromatic rings. The minimum atomic E-state index is 0.443. The highest BCUT2D eigenvalue weighted by molar-refractivity contribution is 6.30. The molecule has 2 aromatic heterocycles. The Morgan fingerprint density at radius 1 is 1.00 bits per heavy atom. The summed E-state index contributed by atoms with van der Waals surface area (Å²) in [6.07, 6.45) is 1.71. The van der Waals surface area contributed by atoms with Gasteiger partial charge in [0, 0.05) is 22.5 Å². The second-order valence-electron chi connectivity index (χ2n) is 4.11. The van der Waals surface area contributed by atoms with E-state index in [2.05, 4.69) is 15.2 Å². The maximum absolute atomic E-state index is 5.94. The van der Waals surface area contributed by atoms with Gasteiger partial charge in [-0.3, -0.25) is 4.98 Å². The minimum absolute atomic E-state index is 0.443. The number of aryl methyl sites for hydroxylation is 1. The van der Waals surface area contributed by atoms with Crippen molar-refractivity contribution in [2.24, 2.45) is 0 Å². The van der Waals surface area contributed by atoms with Crippen LogP contribution in [0, 0.1) is 6.92 Å². The molecule has 0 aliphatic heterocycles. The molecule has 4 nitrogen and oxygen atoms in total. The summed E-state index contributed by atoms with van der Waals surface area (Å²) in [7, 11) is 0. The van der Waals surface area contributed by atoms with E-state index in [-0.39, 0.29) is 0 Å². The van der Waals surface area contributed by atoms with Crippen molar-refractivity contribution in [2.45, 2.75) is 6.92 Å². The fourth-order valence-electron chi connectivity index (χ4n) is 1.67. The normalized spacial score (nSPS) is 10.6. The zero-order chi connectivity index (χ0) is 13.2. The van der Waals surface area contributed by atoms with Gasteiger partial charge in [0.15, 0.2) is 0 Å². The molecule has 0 aliphatic carbocycles. The van der Waals surface area contributed by atoms with Crippen molar-refractivity contribution < 1.29 is 4.42 Å². The third-order valence-corrected chi connectivity index (χ3v) is 2.89. The molecule has 0 unspecified atom stereocenters. The van der Waals surface area contributed by atoms with Gasteiger partial charge in [0.25, 0.3) is 0 Å². The smallest absolute Gasteiger partial charge is 0.249 e. The second-order valence-corrected chi connectivity index (χ2v) is 4.55. The molecule has 0 spiro atoms. The van der Waals surface area contributed by atoms with Crippen molar-refractivity contribution in [3.05, 3.63) is 53.3 Å². The summed E-state index contributed by atoms with van der Waals surface area (Å²) in [6, 6.07) is 11.1. The van der Waals surface area contributed by atoms with Gasteiger partial charge in [-0.15, -0.1) is 10.2 Å².